The lowest BCUT2D eigenvalue weighted by atomic mass is 10.3. The third kappa shape index (κ3) is 3.21. The second-order valence-electron chi connectivity index (χ2n) is 6.69. The Hall–Kier alpha value is -3.95. The first-order chi connectivity index (χ1) is 14.7. The number of nitrogens with zero attached hydrogens (tertiary/aromatic N) is 8. The average Bonchev–Trinajstić information content (AvgIpc) is 3.49. The Kier molecular flexibility index (Phi) is 4.51. The molecule has 0 unspecified atom stereocenters. The highest BCUT2D eigenvalue weighted by Gasteiger charge is 2.17. The molecule has 0 bridgehead atoms. The Labute approximate surface area is 170 Å². The summed E-state index contributed by atoms with van der Waals surface area (Å²) in [6, 6.07) is 8.36. The molecule has 0 aromatic carbocycles. The summed E-state index contributed by atoms with van der Waals surface area (Å²) in [6.45, 7) is 3.28. The van der Waals surface area contributed by atoms with Gasteiger partial charge in [-0.2, -0.15) is 4.39 Å². The van der Waals surface area contributed by atoms with E-state index in [4.69, 9.17) is 14.4 Å². The largest absolute Gasteiger partial charge is 0.422 e. The Morgan fingerprint density at radius 2 is 2.00 bits per heavy atom. The van der Waals surface area contributed by atoms with Crippen LogP contribution < -0.4 is 0 Å². The van der Waals surface area contributed by atoms with Crippen LogP contribution in [-0.2, 0) is 13.1 Å². The highest BCUT2D eigenvalue weighted by atomic mass is 19.1. The van der Waals surface area contributed by atoms with Crippen molar-refractivity contribution >= 4 is 11.2 Å². The smallest absolute Gasteiger partial charge is 0.266 e. The first kappa shape index (κ1) is 18.1. The fourth-order valence-electron chi connectivity index (χ4n) is 3.39. The number of rotatable bonds is 6. The van der Waals surface area contributed by atoms with Gasteiger partial charge in [-0.3, -0.25) is 0 Å². The number of halogens is 1. The van der Waals surface area contributed by atoms with E-state index in [0.717, 1.165) is 30.0 Å². The van der Waals surface area contributed by atoms with Gasteiger partial charge in [-0.05, 0) is 30.7 Å². The predicted octanol–water partition coefficient (Wildman–Crippen LogP) is 3.34. The summed E-state index contributed by atoms with van der Waals surface area (Å²) < 4.78 is 22.8. The van der Waals surface area contributed by atoms with Gasteiger partial charge in [0.25, 0.3) is 5.89 Å². The SMILES string of the molecule is CCCn1c(Cn2ccnc2-c2cccc(F)n2)nc2ccc(-c3nnco3)nc21. The Morgan fingerprint density at radius 1 is 1.07 bits per heavy atom. The zero-order valence-corrected chi connectivity index (χ0v) is 16.1. The summed E-state index contributed by atoms with van der Waals surface area (Å²) in [5.74, 6) is 1.21. The molecule has 0 spiro atoms. The summed E-state index contributed by atoms with van der Waals surface area (Å²) in [6.07, 6.45) is 5.68. The number of imidazole rings is 2. The first-order valence-electron chi connectivity index (χ1n) is 9.49. The van der Waals surface area contributed by atoms with Crippen LogP contribution in [0.3, 0.4) is 0 Å². The van der Waals surface area contributed by atoms with E-state index in [1.54, 1.807) is 18.3 Å². The van der Waals surface area contributed by atoms with Gasteiger partial charge in [0.2, 0.25) is 12.3 Å². The first-order valence-corrected chi connectivity index (χ1v) is 9.49. The summed E-state index contributed by atoms with van der Waals surface area (Å²) >= 11 is 0. The average molecular weight is 404 g/mol. The van der Waals surface area contributed by atoms with Gasteiger partial charge in [0, 0.05) is 18.9 Å². The number of aryl methyl sites for hydroxylation is 1. The summed E-state index contributed by atoms with van der Waals surface area (Å²) in [7, 11) is 0. The minimum absolute atomic E-state index is 0.358. The van der Waals surface area contributed by atoms with Gasteiger partial charge in [-0.15, -0.1) is 10.2 Å². The van der Waals surface area contributed by atoms with Crippen molar-refractivity contribution in [2.45, 2.75) is 26.4 Å². The molecule has 5 heterocycles. The molecule has 0 atom stereocenters. The highest BCUT2D eigenvalue weighted by molar-refractivity contribution is 5.74. The van der Waals surface area contributed by atoms with Crippen molar-refractivity contribution in [1.82, 2.24) is 39.3 Å². The minimum atomic E-state index is -0.543. The topological polar surface area (TPSA) is 100 Å². The van der Waals surface area contributed by atoms with E-state index >= 15 is 0 Å². The lowest BCUT2D eigenvalue weighted by Gasteiger charge is -2.10. The van der Waals surface area contributed by atoms with E-state index < -0.39 is 5.95 Å². The highest BCUT2D eigenvalue weighted by Crippen LogP contribution is 2.22. The van der Waals surface area contributed by atoms with Gasteiger partial charge in [0.05, 0.1) is 6.54 Å². The van der Waals surface area contributed by atoms with Gasteiger partial charge in [-0.25, -0.2) is 19.9 Å². The molecule has 0 aliphatic rings. The maximum Gasteiger partial charge on any atom is 0.266 e. The summed E-state index contributed by atoms with van der Waals surface area (Å²) in [5, 5.41) is 7.65. The number of hydrogen-bond donors (Lipinski definition) is 0. The number of aromatic nitrogens is 8. The zero-order valence-electron chi connectivity index (χ0n) is 16.1. The zero-order chi connectivity index (χ0) is 20.5. The van der Waals surface area contributed by atoms with Crippen molar-refractivity contribution in [3.8, 4) is 23.1 Å². The molecule has 0 aliphatic heterocycles. The standard InChI is InChI=1S/C20H17FN8O/c1-2-9-29-17(11-28-10-8-22-18(28)13-4-3-5-16(21)24-13)25-14-6-7-15(26-19(14)29)20-27-23-12-30-20/h3-8,10,12H,2,9,11H2,1H3. The van der Waals surface area contributed by atoms with Crippen molar-refractivity contribution in [2.24, 2.45) is 0 Å². The Bertz CT molecular complexity index is 1310. The fourth-order valence-corrected chi connectivity index (χ4v) is 3.39. The quantitative estimate of drug-likeness (QED) is 0.400. The number of hydrogen-bond acceptors (Lipinski definition) is 7. The molecule has 9 nitrogen and oxygen atoms in total. The van der Waals surface area contributed by atoms with Gasteiger partial charge in [-0.1, -0.05) is 13.0 Å². The van der Waals surface area contributed by atoms with Crippen LogP contribution in [0.5, 0.6) is 0 Å². The molecule has 30 heavy (non-hydrogen) atoms. The molecule has 5 rings (SSSR count). The van der Waals surface area contributed by atoms with Crippen LogP contribution in [0.1, 0.15) is 19.2 Å². The van der Waals surface area contributed by atoms with Crippen molar-refractivity contribution in [2.75, 3.05) is 0 Å². The molecule has 5 aromatic heterocycles. The lowest BCUT2D eigenvalue weighted by molar-refractivity contribution is 0.566. The maximum atomic E-state index is 13.6. The van der Waals surface area contributed by atoms with E-state index in [1.165, 1.54) is 12.5 Å². The molecule has 5 aromatic rings. The van der Waals surface area contributed by atoms with Gasteiger partial charge >= 0.3 is 0 Å². The van der Waals surface area contributed by atoms with Gasteiger partial charge in [0.1, 0.15) is 22.7 Å². The van der Waals surface area contributed by atoms with E-state index in [-0.39, 0.29) is 0 Å². The fraction of sp³-hybridized carbons (Fsp3) is 0.200. The molecule has 0 saturated heterocycles. The third-order valence-electron chi connectivity index (χ3n) is 4.67. The molecule has 0 saturated carbocycles. The molecular formula is C20H17FN8O. The normalized spacial score (nSPS) is 11.4. The maximum absolute atomic E-state index is 13.6. The van der Waals surface area contributed by atoms with E-state index in [1.807, 2.05) is 22.9 Å². The Morgan fingerprint density at radius 3 is 2.80 bits per heavy atom. The number of pyridine rings is 2. The molecule has 0 fully saturated rings. The van der Waals surface area contributed by atoms with E-state index in [2.05, 4.69) is 31.7 Å². The molecular weight excluding hydrogens is 387 g/mol. The molecule has 0 N–H and O–H groups in total. The summed E-state index contributed by atoms with van der Waals surface area (Å²) in [4.78, 5) is 17.8. The van der Waals surface area contributed by atoms with Crippen LogP contribution in [0, 0.1) is 5.95 Å². The van der Waals surface area contributed by atoms with Crippen LogP contribution in [0.15, 0.2) is 53.5 Å². The predicted molar refractivity (Wildman–Crippen MR) is 106 cm³/mol. The molecule has 0 radical (unpaired) electrons. The van der Waals surface area contributed by atoms with Crippen molar-refractivity contribution < 1.29 is 8.81 Å². The van der Waals surface area contributed by atoms with E-state index in [0.29, 0.717) is 29.6 Å². The van der Waals surface area contributed by atoms with Crippen LogP contribution in [0.4, 0.5) is 4.39 Å². The van der Waals surface area contributed by atoms with Crippen molar-refractivity contribution in [3.63, 3.8) is 0 Å². The van der Waals surface area contributed by atoms with Gasteiger partial charge < -0.3 is 13.6 Å². The van der Waals surface area contributed by atoms with E-state index in [9.17, 15) is 4.39 Å². The van der Waals surface area contributed by atoms with Crippen LogP contribution >= 0.6 is 0 Å². The molecule has 150 valence electrons. The second-order valence-corrected chi connectivity index (χ2v) is 6.69. The number of fused-ring (bicyclic) bond motifs is 1. The molecule has 0 amide bonds. The Balaban J connectivity index is 1.57. The third-order valence-corrected chi connectivity index (χ3v) is 4.67. The molecule has 0 aliphatic carbocycles. The van der Waals surface area contributed by atoms with Crippen LogP contribution in [-0.4, -0.2) is 39.3 Å². The molecule has 10 heteroatoms. The monoisotopic (exact) mass is 404 g/mol. The summed E-state index contributed by atoms with van der Waals surface area (Å²) in [5.41, 5.74) is 2.58. The van der Waals surface area contributed by atoms with Gasteiger partial charge in [0.15, 0.2) is 11.5 Å². The van der Waals surface area contributed by atoms with Crippen molar-refractivity contribution in [1.29, 1.82) is 0 Å². The minimum Gasteiger partial charge on any atom is -0.422 e. The van der Waals surface area contributed by atoms with Crippen LogP contribution in [0.2, 0.25) is 0 Å². The lowest BCUT2D eigenvalue weighted by Crippen LogP contribution is -2.10. The van der Waals surface area contributed by atoms with Crippen molar-refractivity contribution in [3.05, 3.63) is 60.9 Å². The van der Waals surface area contributed by atoms with Crippen LogP contribution in [0.25, 0.3) is 34.3 Å². The second kappa shape index (κ2) is 7.47.